The highest BCUT2D eigenvalue weighted by molar-refractivity contribution is 5.12. The number of hydrogen-bond acceptors (Lipinski definition) is 2. The smallest absolute Gasteiger partial charge is 0.0315 e. The second kappa shape index (κ2) is 3.32. The standard InChI is InChI=1S/C8H12N2/c1-2-8(9)7-4-3-5-10-6-7/h3-6,8H,2,9H2,1H3/t8-/m0/s1. The molecule has 0 fully saturated rings. The van der Waals surface area contributed by atoms with Gasteiger partial charge in [0.05, 0.1) is 0 Å². The highest BCUT2D eigenvalue weighted by atomic mass is 14.7. The zero-order chi connectivity index (χ0) is 7.40. The van der Waals surface area contributed by atoms with E-state index in [1.165, 1.54) is 0 Å². The number of rotatable bonds is 2. The molecule has 0 saturated heterocycles. The summed E-state index contributed by atoms with van der Waals surface area (Å²) < 4.78 is 0. The molecule has 1 atom stereocenters. The second-order valence-corrected chi connectivity index (χ2v) is 2.30. The molecule has 2 heteroatoms. The molecule has 1 heterocycles. The van der Waals surface area contributed by atoms with Crippen LogP contribution in [0.25, 0.3) is 0 Å². The van der Waals surface area contributed by atoms with E-state index in [0.717, 1.165) is 12.0 Å². The topological polar surface area (TPSA) is 38.9 Å². The van der Waals surface area contributed by atoms with Crippen LogP contribution in [0.15, 0.2) is 24.5 Å². The average molecular weight is 136 g/mol. The Labute approximate surface area is 61.1 Å². The quantitative estimate of drug-likeness (QED) is 0.669. The molecule has 1 aromatic rings. The van der Waals surface area contributed by atoms with Gasteiger partial charge >= 0.3 is 0 Å². The summed E-state index contributed by atoms with van der Waals surface area (Å²) in [5.74, 6) is 0. The van der Waals surface area contributed by atoms with Gasteiger partial charge in [0, 0.05) is 18.4 Å². The van der Waals surface area contributed by atoms with Crippen LogP contribution in [0, 0.1) is 0 Å². The van der Waals surface area contributed by atoms with Crippen LogP contribution in [-0.4, -0.2) is 4.98 Å². The van der Waals surface area contributed by atoms with Gasteiger partial charge in [0.25, 0.3) is 0 Å². The van der Waals surface area contributed by atoms with Crippen LogP contribution in [0.4, 0.5) is 0 Å². The number of nitrogens with zero attached hydrogens (tertiary/aromatic N) is 1. The van der Waals surface area contributed by atoms with Crippen molar-refractivity contribution in [2.75, 3.05) is 0 Å². The molecule has 0 aromatic carbocycles. The van der Waals surface area contributed by atoms with E-state index in [1.54, 1.807) is 6.20 Å². The summed E-state index contributed by atoms with van der Waals surface area (Å²) in [6, 6.07) is 4.06. The minimum atomic E-state index is 0.147. The fraction of sp³-hybridized carbons (Fsp3) is 0.375. The van der Waals surface area contributed by atoms with Crippen molar-refractivity contribution >= 4 is 0 Å². The van der Waals surface area contributed by atoms with Gasteiger partial charge in [-0.2, -0.15) is 0 Å². The van der Waals surface area contributed by atoms with Gasteiger partial charge in [0.2, 0.25) is 0 Å². The van der Waals surface area contributed by atoms with Crippen molar-refractivity contribution in [2.24, 2.45) is 5.73 Å². The van der Waals surface area contributed by atoms with E-state index < -0.39 is 0 Å². The molecule has 2 N–H and O–H groups in total. The molecule has 10 heavy (non-hydrogen) atoms. The van der Waals surface area contributed by atoms with E-state index in [4.69, 9.17) is 5.73 Å². The van der Waals surface area contributed by atoms with Gasteiger partial charge < -0.3 is 5.73 Å². The van der Waals surface area contributed by atoms with Gasteiger partial charge in [0.15, 0.2) is 0 Å². The Kier molecular flexibility index (Phi) is 2.40. The third-order valence-corrected chi connectivity index (χ3v) is 1.55. The normalized spacial score (nSPS) is 13.0. The van der Waals surface area contributed by atoms with Gasteiger partial charge in [-0.1, -0.05) is 13.0 Å². The number of hydrogen-bond donors (Lipinski definition) is 1. The van der Waals surface area contributed by atoms with Crippen molar-refractivity contribution in [3.8, 4) is 0 Å². The van der Waals surface area contributed by atoms with E-state index in [9.17, 15) is 0 Å². The first-order chi connectivity index (χ1) is 4.84. The van der Waals surface area contributed by atoms with Crippen molar-refractivity contribution in [3.63, 3.8) is 0 Å². The number of nitrogens with two attached hydrogens (primary N) is 1. The molecular weight excluding hydrogens is 124 g/mol. The second-order valence-electron chi connectivity index (χ2n) is 2.30. The predicted molar refractivity (Wildman–Crippen MR) is 41.5 cm³/mol. The molecule has 54 valence electrons. The van der Waals surface area contributed by atoms with Gasteiger partial charge in [-0.3, -0.25) is 4.98 Å². The van der Waals surface area contributed by atoms with Crippen molar-refractivity contribution < 1.29 is 0 Å². The fourth-order valence-electron chi connectivity index (χ4n) is 0.831. The van der Waals surface area contributed by atoms with Crippen LogP contribution in [0.3, 0.4) is 0 Å². The molecule has 0 bridgehead atoms. The van der Waals surface area contributed by atoms with Crippen molar-refractivity contribution in [3.05, 3.63) is 30.1 Å². The maximum atomic E-state index is 5.75. The van der Waals surface area contributed by atoms with Crippen LogP contribution in [0.5, 0.6) is 0 Å². The molecule has 0 aliphatic carbocycles. The molecular formula is C8H12N2. The third kappa shape index (κ3) is 1.54. The molecule has 0 spiro atoms. The Morgan fingerprint density at radius 1 is 1.70 bits per heavy atom. The summed E-state index contributed by atoms with van der Waals surface area (Å²) in [5.41, 5.74) is 6.87. The van der Waals surface area contributed by atoms with Gasteiger partial charge in [0.1, 0.15) is 0 Å². The largest absolute Gasteiger partial charge is 0.324 e. The molecule has 0 aliphatic heterocycles. The third-order valence-electron chi connectivity index (χ3n) is 1.55. The van der Waals surface area contributed by atoms with E-state index in [2.05, 4.69) is 11.9 Å². The lowest BCUT2D eigenvalue weighted by Gasteiger charge is -2.06. The van der Waals surface area contributed by atoms with Crippen LogP contribution in [0.2, 0.25) is 0 Å². The molecule has 1 rings (SSSR count). The maximum absolute atomic E-state index is 5.75. The molecule has 0 aliphatic rings. The fourth-order valence-corrected chi connectivity index (χ4v) is 0.831. The molecule has 0 unspecified atom stereocenters. The first-order valence-electron chi connectivity index (χ1n) is 3.50. The molecule has 2 nitrogen and oxygen atoms in total. The van der Waals surface area contributed by atoms with Gasteiger partial charge in [-0.05, 0) is 18.1 Å². The van der Waals surface area contributed by atoms with Gasteiger partial charge in [-0.25, -0.2) is 0 Å². The summed E-state index contributed by atoms with van der Waals surface area (Å²) in [7, 11) is 0. The molecule has 0 amide bonds. The Morgan fingerprint density at radius 2 is 2.50 bits per heavy atom. The van der Waals surface area contributed by atoms with Crippen LogP contribution < -0.4 is 5.73 Å². The van der Waals surface area contributed by atoms with Crippen LogP contribution >= 0.6 is 0 Å². The van der Waals surface area contributed by atoms with Crippen molar-refractivity contribution in [1.29, 1.82) is 0 Å². The summed E-state index contributed by atoms with van der Waals surface area (Å²) >= 11 is 0. The van der Waals surface area contributed by atoms with E-state index >= 15 is 0 Å². The highest BCUT2D eigenvalue weighted by Crippen LogP contribution is 2.10. The van der Waals surface area contributed by atoms with Gasteiger partial charge in [-0.15, -0.1) is 0 Å². The lowest BCUT2D eigenvalue weighted by molar-refractivity contribution is 0.695. The zero-order valence-electron chi connectivity index (χ0n) is 6.12. The Bertz CT molecular complexity index is 184. The van der Waals surface area contributed by atoms with Crippen LogP contribution in [0.1, 0.15) is 24.9 Å². The van der Waals surface area contributed by atoms with E-state index in [0.29, 0.717) is 0 Å². The summed E-state index contributed by atoms with van der Waals surface area (Å²) in [6.45, 7) is 2.07. The number of aromatic nitrogens is 1. The average Bonchev–Trinajstić information content (AvgIpc) is 2.05. The zero-order valence-corrected chi connectivity index (χ0v) is 6.12. The SMILES string of the molecule is CC[C@H](N)c1cccnc1. The van der Waals surface area contributed by atoms with E-state index in [1.807, 2.05) is 18.3 Å². The Morgan fingerprint density at radius 3 is 3.00 bits per heavy atom. The summed E-state index contributed by atoms with van der Waals surface area (Å²) in [5, 5.41) is 0. The Balaban J connectivity index is 2.75. The van der Waals surface area contributed by atoms with Crippen molar-refractivity contribution in [2.45, 2.75) is 19.4 Å². The maximum Gasteiger partial charge on any atom is 0.0315 e. The van der Waals surface area contributed by atoms with Crippen molar-refractivity contribution in [1.82, 2.24) is 4.98 Å². The highest BCUT2D eigenvalue weighted by Gasteiger charge is 1.99. The minimum Gasteiger partial charge on any atom is -0.324 e. The Hall–Kier alpha value is -0.890. The lowest BCUT2D eigenvalue weighted by Crippen LogP contribution is -2.08. The first kappa shape index (κ1) is 7.22. The van der Waals surface area contributed by atoms with E-state index in [-0.39, 0.29) is 6.04 Å². The summed E-state index contributed by atoms with van der Waals surface area (Å²) in [4.78, 5) is 3.97. The monoisotopic (exact) mass is 136 g/mol. The lowest BCUT2D eigenvalue weighted by atomic mass is 10.1. The minimum absolute atomic E-state index is 0.147. The molecule has 1 aromatic heterocycles. The van der Waals surface area contributed by atoms with Crippen LogP contribution in [-0.2, 0) is 0 Å². The first-order valence-corrected chi connectivity index (χ1v) is 3.50. The molecule has 0 saturated carbocycles. The molecule has 0 radical (unpaired) electrons. The summed E-state index contributed by atoms with van der Waals surface area (Å²) in [6.07, 6.45) is 4.53. The number of pyridine rings is 1. The predicted octanol–water partition coefficient (Wildman–Crippen LogP) is 1.49.